The zero-order valence-electron chi connectivity index (χ0n) is 23.4. The second-order valence-corrected chi connectivity index (χ2v) is 10.7. The van der Waals surface area contributed by atoms with Crippen LogP contribution in [0.2, 0.25) is 5.02 Å². The van der Waals surface area contributed by atoms with Crippen molar-refractivity contribution in [2.24, 2.45) is 5.73 Å². The van der Waals surface area contributed by atoms with Crippen molar-refractivity contribution in [3.63, 3.8) is 0 Å². The maximum absolute atomic E-state index is 13.6. The fraction of sp³-hybridized carbons (Fsp3) is 0.250. The van der Waals surface area contributed by atoms with E-state index in [2.05, 4.69) is 6.07 Å². The Morgan fingerprint density at radius 3 is 2.48 bits per heavy atom. The fourth-order valence-corrected chi connectivity index (χ4v) is 5.89. The Morgan fingerprint density at radius 2 is 1.81 bits per heavy atom. The molecule has 5 rings (SSSR count). The molecule has 10 heteroatoms. The lowest BCUT2D eigenvalue weighted by molar-refractivity contribution is -0.384. The normalized spacial score (nSPS) is 16.7. The van der Waals surface area contributed by atoms with Gasteiger partial charge in [-0.3, -0.25) is 19.8 Å². The van der Waals surface area contributed by atoms with Crippen molar-refractivity contribution in [3.05, 3.63) is 115 Å². The summed E-state index contributed by atoms with van der Waals surface area (Å²) in [6.07, 6.45) is 1.34. The van der Waals surface area contributed by atoms with Crippen LogP contribution in [0.5, 0.6) is 11.5 Å². The lowest BCUT2D eigenvalue weighted by Gasteiger charge is -2.39. The van der Waals surface area contributed by atoms with Gasteiger partial charge in [0.05, 0.1) is 29.6 Å². The van der Waals surface area contributed by atoms with Crippen molar-refractivity contribution in [2.75, 3.05) is 12.0 Å². The Kier molecular flexibility index (Phi) is 7.92. The summed E-state index contributed by atoms with van der Waals surface area (Å²) in [5.41, 5.74) is 11.3. The Hall–Kier alpha value is -4.81. The number of methoxy groups -OCH3 is 1. The van der Waals surface area contributed by atoms with E-state index in [0.29, 0.717) is 36.3 Å². The molecule has 1 atom stereocenters. The van der Waals surface area contributed by atoms with Crippen molar-refractivity contribution < 1.29 is 19.2 Å². The molecule has 0 radical (unpaired) electrons. The van der Waals surface area contributed by atoms with Crippen LogP contribution in [0, 0.1) is 35.3 Å². The highest BCUT2D eigenvalue weighted by atomic mass is 35.5. The van der Waals surface area contributed by atoms with Gasteiger partial charge in [-0.15, -0.1) is 0 Å². The number of aryl methyl sites for hydroxylation is 2. The van der Waals surface area contributed by atoms with Crippen molar-refractivity contribution >= 4 is 28.8 Å². The highest BCUT2D eigenvalue weighted by Gasteiger charge is 2.42. The summed E-state index contributed by atoms with van der Waals surface area (Å²) in [7, 11) is 1.60. The van der Waals surface area contributed by atoms with Crippen molar-refractivity contribution in [3.8, 4) is 17.6 Å². The predicted octanol–water partition coefficient (Wildman–Crippen LogP) is 6.76. The summed E-state index contributed by atoms with van der Waals surface area (Å²) in [5.74, 6) is 0.614. The first kappa shape index (κ1) is 28.7. The first-order chi connectivity index (χ1) is 20.1. The number of hydrogen-bond donors (Lipinski definition) is 1. The third-order valence-electron chi connectivity index (χ3n) is 7.78. The molecule has 1 aliphatic heterocycles. The number of benzene rings is 3. The predicted molar refractivity (Wildman–Crippen MR) is 159 cm³/mol. The summed E-state index contributed by atoms with van der Waals surface area (Å²) in [5, 5.41) is 22.6. The molecule has 2 aliphatic rings. The monoisotopic (exact) mass is 584 g/mol. The summed E-state index contributed by atoms with van der Waals surface area (Å²) in [4.78, 5) is 26.5. The molecule has 0 bridgehead atoms. The number of carbonyl (C=O) groups is 1. The second kappa shape index (κ2) is 11.6. The Morgan fingerprint density at radius 1 is 1.10 bits per heavy atom. The van der Waals surface area contributed by atoms with Gasteiger partial charge in [0.1, 0.15) is 29.6 Å². The standard InChI is InChI=1S/C32H29ClN4O5/c1-18-13-19(2)24(14-20(18)17-42-23-10-8-22(41-3)9-11-23)30-25(16-34)32(35)36(27-5-4-6-29(38)31(27)30)26-12-7-21(33)15-28(26)37(39)40/h7-15,30H,4-6,17,35H2,1-3H3. The van der Waals surface area contributed by atoms with E-state index >= 15 is 0 Å². The number of anilines is 1. The van der Waals surface area contributed by atoms with Crippen LogP contribution in [0.3, 0.4) is 0 Å². The SMILES string of the molecule is COc1ccc(OCc2cc(C3C(C#N)=C(N)N(c4ccc(Cl)cc4[N+](=O)[O-])C4=C3C(=O)CCC4)c(C)cc2C)cc1. The van der Waals surface area contributed by atoms with Gasteiger partial charge in [-0.25, -0.2) is 0 Å². The molecule has 0 saturated carbocycles. The molecule has 42 heavy (non-hydrogen) atoms. The maximum atomic E-state index is 13.6. The molecule has 3 aromatic carbocycles. The van der Waals surface area contributed by atoms with Crippen LogP contribution in [-0.4, -0.2) is 17.8 Å². The van der Waals surface area contributed by atoms with E-state index in [1.54, 1.807) is 7.11 Å². The third-order valence-corrected chi connectivity index (χ3v) is 8.01. The number of carbonyl (C=O) groups excluding carboxylic acids is 1. The van der Waals surface area contributed by atoms with Gasteiger partial charge in [-0.05, 0) is 85.3 Å². The number of nitro groups is 1. The molecule has 9 nitrogen and oxygen atoms in total. The van der Waals surface area contributed by atoms with Crippen molar-refractivity contribution in [1.29, 1.82) is 5.26 Å². The van der Waals surface area contributed by atoms with E-state index in [9.17, 15) is 20.2 Å². The number of nitro benzene ring substituents is 1. The average Bonchev–Trinajstić information content (AvgIpc) is 2.97. The first-order valence-corrected chi connectivity index (χ1v) is 13.8. The molecule has 1 unspecified atom stereocenters. The Balaban J connectivity index is 1.63. The van der Waals surface area contributed by atoms with E-state index in [0.717, 1.165) is 28.0 Å². The van der Waals surface area contributed by atoms with Crippen molar-refractivity contribution in [1.82, 2.24) is 0 Å². The lowest BCUT2D eigenvalue weighted by atomic mass is 9.74. The summed E-state index contributed by atoms with van der Waals surface area (Å²) in [6.45, 7) is 4.19. The molecule has 1 aliphatic carbocycles. The molecule has 0 fully saturated rings. The van der Waals surface area contributed by atoms with Crippen LogP contribution in [0.15, 0.2) is 77.3 Å². The van der Waals surface area contributed by atoms with E-state index in [1.165, 1.54) is 23.1 Å². The number of halogens is 1. The topological polar surface area (TPSA) is 132 Å². The van der Waals surface area contributed by atoms with Crippen LogP contribution in [-0.2, 0) is 11.4 Å². The third kappa shape index (κ3) is 5.17. The first-order valence-electron chi connectivity index (χ1n) is 13.4. The van der Waals surface area contributed by atoms with Crippen LogP contribution >= 0.6 is 11.6 Å². The van der Waals surface area contributed by atoms with Crippen LogP contribution in [0.25, 0.3) is 0 Å². The maximum Gasteiger partial charge on any atom is 0.294 e. The molecular formula is C32H29ClN4O5. The van der Waals surface area contributed by atoms with E-state index in [-0.39, 0.29) is 40.2 Å². The number of ketones is 1. The Bertz CT molecular complexity index is 1700. The highest BCUT2D eigenvalue weighted by molar-refractivity contribution is 6.31. The number of Topliss-reactive ketones (excluding diaryl/α,β-unsaturated/α-hetero) is 1. The summed E-state index contributed by atoms with van der Waals surface area (Å²) < 4.78 is 11.3. The van der Waals surface area contributed by atoms with Gasteiger partial charge in [0.2, 0.25) is 0 Å². The number of hydrogen-bond acceptors (Lipinski definition) is 8. The molecule has 0 saturated heterocycles. The summed E-state index contributed by atoms with van der Waals surface area (Å²) >= 11 is 6.08. The van der Waals surface area contributed by atoms with Crippen LogP contribution in [0.4, 0.5) is 11.4 Å². The molecule has 0 spiro atoms. The van der Waals surface area contributed by atoms with Crippen LogP contribution in [0.1, 0.15) is 47.4 Å². The molecule has 1 heterocycles. The van der Waals surface area contributed by atoms with Gasteiger partial charge in [-0.2, -0.15) is 5.26 Å². The second-order valence-electron chi connectivity index (χ2n) is 10.3. The van der Waals surface area contributed by atoms with Crippen molar-refractivity contribution in [2.45, 2.75) is 45.6 Å². The lowest BCUT2D eigenvalue weighted by Crippen LogP contribution is -2.39. The molecule has 0 amide bonds. The van der Waals surface area contributed by atoms with Gasteiger partial charge in [0, 0.05) is 28.8 Å². The molecule has 214 valence electrons. The minimum Gasteiger partial charge on any atom is -0.497 e. The largest absolute Gasteiger partial charge is 0.497 e. The molecule has 3 aromatic rings. The van der Waals surface area contributed by atoms with Gasteiger partial charge in [-0.1, -0.05) is 23.7 Å². The number of ether oxygens (including phenoxy) is 2. The number of allylic oxidation sites excluding steroid dienone is 3. The average molecular weight is 585 g/mol. The highest BCUT2D eigenvalue weighted by Crippen LogP contribution is 2.49. The number of nitrogens with two attached hydrogens (primary N) is 1. The molecule has 0 aromatic heterocycles. The Labute approximate surface area is 248 Å². The number of rotatable bonds is 7. The van der Waals surface area contributed by atoms with E-state index in [1.807, 2.05) is 50.2 Å². The summed E-state index contributed by atoms with van der Waals surface area (Å²) in [6, 6.07) is 17.8. The molecule has 2 N–H and O–H groups in total. The molecular weight excluding hydrogens is 556 g/mol. The zero-order valence-corrected chi connectivity index (χ0v) is 24.2. The minimum atomic E-state index is -0.722. The quantitative estimate of drug-likeness (QED) is 0.238. The smallest absolute Gasteiger partial charge is 0.294 e. The van der Waals surface area contributed by atoms with E-state index < -0.39 is 10.8 Å². The number of nitrogens with zero attached hydrogens (tertiary/aromatic N) is 3. The fourth-order valence-electron chi connectivity index (χ4n) is 5.72. The minimum absolute atomic E-state index is 0.0531. The van der Waals surface area contributed by atoms with Gasteiger partial charge < -0.3 is 15.2 Å². The van der Waals surface area contributed by atoms with Gasteiger partial charge >= 0.3 is 0 Å². The number of nitriles is 1. The van der Waals surface area contributed by atoms with E-state index in [4.69, 9.17) is 26.8 Å². The van der Waals surface area contributed by atoms with Crippen LogP contribution < -0.4 is 20.1 Å². The van der Waals surface area contributed by atoms with Gasteiger partial charge in [0.25, 0.3) is 5.69 Å². The van der Waals surface area contributed by atoms with Gasteiger partial charge in [0.15, 0.2) is 5.78 Å². The zero-order chi connectivity index (χ0) is 30.1.